The quantitative estimate of drug-likeness (QED) is 0.295. The van der Waals surface area contributed by atoms with E-state index in [-0.39, 0.29) is 12.2 Å². The number of amides is 1. The maximum atomic E-state index is 13.4. The molecule has 0 aliphatic carbocycles. The molecular formula is C15H9F5N2O2. The number of nitrogens with zero attached hydrogens (tertiary/aromatic N) is 1. The summed E-state index contributed by atoms with van der Waals surface area (Å²) >= 11 is 0. The Balaban J connectivity index is 2.11. The van der Waals surface area contributed by atoms with Crippen molar-refractivity contribution in [2.45, 2.75) is 6.42 Å². The smallest absolute Gasteiger partial charge is 0.244 e. The lowest BCUT2D eigenvalue weighted by Gasteiger charge is -2.04. The van der Waals surface area contributed by atoms with Crippen LogP contribution in [0.5, 0.6) is 5.75 Å². The molecule has 0 unspecified atom stereocenters. The fourth-order valence-electron chi connectivity index (χ4n) is 1.80. The van der Waals surface area contributed by atoms with Crippen molar-refractivity contribution in [3.05, 3.63) is 64.5 Å². The van der Waals surface area contributed by atoms with Crippen molar-refractivity contribution in [1.82, 2.24) is 5.43 Å². The lowest BCUT2D eigenvalue weighted by Crippen LogP contribution is -2.20. The molecule has 9 heteroatoms. The molecular weight excluding hydrogens is 335 g/mol. The van der Waals surface area contributed by atoms with E-state index in [1.807, 2.05) is 5.43 Å². The molecule has 0 saturated carbocycles. The zero-order chi connectivity index (χ0) is 17.9. The van der Waals surface area contributed by atoms with E-state index < -0.39 is 40.6 Å². The lowest BCUT2D eigenvalue weighted by molar-refractivity contribution is -0.120. The Bertz CT molecular complexity index is 795. The number of rotatable bonds is 4. The number of aromatic hydroxyl groups is 1. The highest BCUT2D eigenvalue weighted by atomic mass is 19.2. The molecule has 0 aliphatic rings. The summed E-state index contributed by atoms with van der Waals surface area (Å²) in [5, 5.41) is 12.4. The Morgan fingerprint density at radius 3 is 2.21 bits per heavy atom. The highest BCUT2D eigenvalue weighted by molar-refractivity contribution is 5.83. The normalized spacial score (nSPS) is 11.0. The van der Waals surface area contributed by atoms with Crippen molar-refractivity contribution in [3.63, 3.8) is 0 Å². The van der Waals surface area contributed by atoms with Crippen LogP contribution in [-0.4, -0.2) is 17.2 Å². The first-order chi connectivity index (χ1) is 11.3. The first-order valence-electron chi connectivity index (χ1n) is 6.42. The molecule has 2 rings (SSSR count). The van der Waals surface area contributed by atoms with Gasteiger partial charge in [0.25, 0.3) is 0 Å². The molecule has 2 N–H and O–H groups in total. The first kappa shape index (κ1) is 17.4. The Hall–Kier alpha value is -2.97. The molecule has 1 amide bonds. The summed E-state index contributed by atoms with van der Waals surface area (Å²) in [6, 6.07) is 5.74. The standard InChI is InChI=1S/C15H9F5N2O2/c16-11-9(12(17)14(19)15(20)13(11)18)6-21-22-10(24)5-7-2-1-3-8(23)4-7/h1-4,6,23H,5H2,(H,22,24). The molecule has 0 aliphatic heterocycles. The Morgan fingerprint density at radius 1 is 1.04 bits per heavy atom. The van der Waals surface area contributed by atoms with Gasteiger partial charge in [0.1, 0.15) is 5.75 Å². The summed E-state index contributed by atoms with van der Waals surface area (Å²) in [7, 11) is 0. The molecule has 2 aromatic rings. The fraction of sp³-hybridized carbons (Fsp3) is 0.0667. The summed E-state index contributed by atoms with van der Waals surface area (Å²) < 4.78 is 65.6. The van der Waals surface area contributed by atoms with Crippen molar-refractivity contribution in [1.29, 1.82) is 0 Å². The number of carbonyl (C=O) groups is 1. The third-order valence-corrected chi connectivity index (χ3v) is 2.90. The molecule has 24 heavy (non-hydrogen) atoms. The van der Waals surface area contributed by atoms with E-state index in [0.29, 0.717) is 11.8 Å². The van der Waals surface area contributed by atoms with Crippen LogP contribution >= 0.6 is 0 Å². The second kappa shape index (κ2) is 7.07. The van der Waals surface area contributed by atoms with Gasteiger partial charge in [-0.25, -0.2) is 27.4 Å². The van der Waals surface area contributed by atoms with Crippen molar-refractivity contribution >= 4 is 12.1 Å². The van der Waals surface area contributed by atoms with Crippen molar-refractivity contribution in [3.8, 4) is 5.75 Å². The number of nitrogens with one attached hydrogen (secondary N) is 1. The number of hydrogen-bond donors (Lipinski definition) is 2. The van der Waals surface area contributed by atoms with Crippen LogP contribution in [0.15, 0.2) is 29.4 Å². The molecule has 0 radical (unpaired) electrons. The molecule has 0 atom stereocenters. The van der Waals surface area contributed by atoms with Crippen molar-refractivity contribution in [2.24, 2.45) is 5.10 Å². The number of benzene rings is 2. The average Bonchev–Trinajstić information content (AvgIpc) is 2.54. The SMILES string of the molecule is O=C(Cc1cccc(O)c1)NN=Cc1c(F)c(F)c(F)c(F)c1F. The molecule has 4 nitrogen and oxygen atoms in total. The number of carbonyl (C=O) groups excluding carboxylic acids is 1. The van der Waals surface area contributed by atoms with E-state index in [4.69, 9.17) is 0 Å². The van der Waals surface area contributed by atoms with Crippen LogP contribution in [0.1, 0.15) is 11.1 Å². The van der Waals surface area contributed by atoms with Crippen LogP contribution in [0.3, 0.4) is 0 Å². The van der Waals surface area contributed by atoms with Crippen molar-refractivity contribution in [2.75, 3.05) is 0 Å². The minimum absolute atomic E-state index is 0.0646. The van der Waals surface area contributed by atoms with Crippen LogP contribution in [0, 0.1) is 29.1 Å². The summed E-state index contributed by atoms with van der Waals surface area (Å²) in [6.45, 7) is 0. The highest BCUT2D eigenvalue weighted by Crippen LogP contribution is 2.21. The first-order valence-corrected chi connectivity index (χ1v) is 6.42. The number of halogens is 5. The van der Waals surface area contributed by atoms with E-state index in [9.17, 15) is 31.9 Å². The van der Waals surface area contributed by atoms with Crippen LogP contribution in [0.2, 0.25) is 0 Å². The van der Waals surface area contributed by atoms with E-state index in [1.165, 1.54) is 24.3 Å². The minimum atomic E-state index is -2.28. The third kappa shape index (κ3) is 3.67. The van der Waals surface area contributed by atoms with Gasteiger partial charge in [-0.15, -0.1) is 0 Å². The van der Waals surface area contributed by atoms with E-state index in [2.05, 4.69) is 5.10 Å². The predicted octanol–water partition coefficient (Wildman–Crippen LogP) is 2.78. The Morgan fingerprint density at radius 2 is 1.62 bits per heavy atom. The molecule has 2 aromatic carbocycles. The van der Waals surface area contributed by atoms with E-state index in [0.717, 1.165) is 0 Å². The number of hydrazone groups is 1. The van der Waals surface area contributed by atoms with Gasteiger partial charge in [0.15, 0.2) is 23.3 Å². The zero-order valence-corrected chi connectivity index (χ0v) is 11.8. The van der Waals surface area contributed by atoms with Gasteiger partial charge >= 0.3 is 0 Å². The Kier molecular flexibility index (Phi) is 5.12. The topological polar surface area (TPSA) is 61.7 Å². The van der Waals surface area contributed by atoms with Crippen LogP contribution in [-0.2, 0) is 11.2 Å². The van der Waals surface area contributed by atoms with E-state index >= 15 is 0 Å². The molecule has 0 fully saturated rings. The summed E-state index contributed by atoms with van der Waals surface area (Å²) in [5.74, 6) is -11.4. The second-order valence-electron chi connectivity index (χ2n) is 4.62. The number of phenols is 1. The fourth-order valence-corrected chi connectivity index (χ4v) is 1.80. The molecule has 0 spiro atoms. The molecule has 0 bridgehead atoms. The zero-order valence-electron chi connectivity index (χ0n) is 11.8. The predicted molar refractivity (Wildman–Crippen MR) is 73.8 cm³/mol. The van der Waals surface area contributed by atoms with Gasteiger partial charge in [-0.3, -0.25) is 4.79 Å². The van der Waals surface area contributed by atoms with Crippen LogP contribution in [0.25, 0.3) is 0 Å². The van der Waals surface area contributed by atoms with E-state index in [1.54, 1.807) is 0 Å². The molecule has 0 aromatic heterocycles. The van der Waals surface area contributed by atoms with Gasteiger partial charge < -0.3 is 5.11 Å². The van der Waals surface area contributed by atoms with Gasteiger partial charge in [0.05, 0.1) is 18.2 Å². The minimum Gasteiger partial charge on any atom is -0.508 e. The number of phenolic OH excluding ortho intramolecular Hbond substituents is 1. The molecule has 0 heterocycles. The maximum Gasteiger partial charge on any atom is 0.244 e. The summed E-state index contributed by atoms with van der Waals surface area (Å²) in [5.41, 5.74) is 1.04. The van der Waals surface area contributed by atoms with Gasteiger partial charge in [-0.05, 0) is 17.7 Å². The monoisotopic (exact) mass is 344 g/mol. The van der Waals surface area contributed by atoms with Crippen LogP contribution < -0.4 is 5.43 Å². The summed E-state index contributed by atoms with van der Waals surface area (Å²) in [4.78, 5) is 11.6. The summed E-state index contributed by atoms with van der Waals surface area (Å²) in [6.07, 6.45) is 0.0967. The molecule has 0 saturated heterocycles. The van der Waals surface area contributed by atoms with Gasteiger partial charge in [0.2, 0.25) is 11.7 Å². The van der Waals surface area contributed by atoms with Crippen LogP contribution in [0.4, 0.5) is 22.0 Å². The lowest BCUT2D eigenvalue weighted by atomic mass is 10.1. The maximum absolute atomic E-state index is 13.4. The number of hydrogen-bond acceptors (Lipinski definition) is 3. The van der Waals surface area contributed by atoms with Gasteiger partial charge in [-0.2, -0.15) is 5.10 Å². The average molecular weight is 344 g/mol. The Labute approximate surface area is 132 Å². The largest absolute Gasteiger partial charge is 0.508 e. The van der Waals surface area contributed by atoms with Crippen molar-refractivity contribution < 1.29 is 31.9 Å². The van der Waals surface area contributed by atoms with Gasteiger partial charge in [-0.1, -0.05) is 12.1 Å². The second-order valence-corrected chi connectivity index (χ2v) is 4.62. The highest BCUT2D eigenvalue weighted by Gasteiger charge is 2.24. The van der Waals surface area contributed by atoms with Gasteiger partial charge in [0, 0.05) is 0 Å². The third-order valence-electron chi connectivity index (χ3n) is 2.90. The molecule has 126 valence electrons.